The van der Waals surface area contributed by atoms with Gasteiger partial charge in [-0.2, -0.15) is 0 Å². The molecule has 100 valence electrons. The highest BCUT2D eigenvalue weighted by molar-refractivity contribution is 5.76. The average molecular weight is 241 g/mol. The highest BCUT2D eigenvalue weighted by Crippen LogP contribution is 2.16. The standard InChI is InChI=1S/C14H27NO2/c1-4-5-6-7-14(16)15-10-8-13(9-11-15)17-12(2)3/h12-13H,4-11H2,1-3H3. The van der Waals surface area contributed by atoms with Crippen molar-refractivity contribution >= 4 is 5.91 Å². The first kappa shape index (κ1) is 14.5. The number of hydrogen-bond acceptors (Lipinski definition) is 2. The number of hydrogen-bond donors (Lipinski definition) is 0. The van der Waals surface area contributed by atoms with Crippen molar-refractivity contribution in [3.05, 3.63) is 0 Å². The lowest BCUT2D eigenvalue weighted by atomic mass is 10.1. The molecule has 1 heterocycles. The maximum atomic E-state index is 11.9. The minimum absolute atomic E-state index is 0.298. The summed E-state index contributed by atoms with van der Waals surface area (Å²) in [6.07, 6.45) is 6.76. The molecule has 1 saturated heterocycles. The predicted octanol–water partition coefficient (Wildman–Crippen LogP) is 2.98. The zero-order chi connectivity index (χ0) is 12.7. The molecule has 0 aliphatic carbocycles. The van der Waals surface area contributed by atoms with E-state index in [0.29, 0.717) is 18.1 Å². The van der Waals surface area contributed by atoms with Gasteiger partial charge in [0.2, 0.25) is 5.91 Å². The van der Waals surface area contributed by atoms with E-state index in [0.717, 1.165) is 38.8 Å². The third kappa shape index (κ3) is 5.53. The first-order chi connectivity index (χ1) is 8.13. The molecule has 0 aromatic rings. The summed E-state index contributed by atoms with van der Waals surface area (Å²) in [5, 5.41) is 0. The summed E-state index contributed by atoms with van der Waals surface area (Å²) in [5.74, 6) is 0.335. The van der Waals surface area contributed by atoms with Crippen molar-refractivity contribution in [1.82, 2.24) is 4.90 Å². The number of likely N-dealkylation sites (tertiary alicyclic amines) is 1. The van der Waals surface area contributed by atoms with Crippen molar-refractivity contribution in [3.8, 4) is 0 Å². The molecule has 0 aromatic heterocycles. The molecule has 0 aromatic carbocycles. The number of nitrogens with zero attached hydrogens (tertiary/aromatic N) is 1. The predicted molar refractivity (Wildman–Crippen MR) is 70.0 cm³/mol. The molecule has 3 heteroatoms. The first-order valence-electron chi connectivity index (χ1n) is 7.06. The lowest BCUT2D eigenvalue weighted by molar-refractivity contribution is -0.134. The fourth-order valence-electron chi connectivity index (χ4n) is 2.31. The maximum Gasteiger partial charge on any atom is 0.222 e. The monoisotopic (exact) mass is 241 g/mol. The number of carbonyl (C=O) groups is 1. The zero-order valence-electron chi connectivity index (χ0n) is 11.6. The Labute approximate surface area is 106 Å². The molecule has 1 amide bonds. The molecule has 0 unspecified atom stereocenters. The molecule has 0 radical (unpaired) electrons. The van der Waals surface area contributed by atoms with Crippen LogP contribution in [0.3, 0.4) is 0 Å². The van der Waals surface area contributed by atoms with Crippen molar-refractivity contribution in [1.29, 1.82) is 0 Å². The average Bonchev–Trinajstić information content (AvgIpc) is 2.29. The maximum absolute atomic E-state index is 11.9. The van der Waals surface area contributed by atoms with E-state index < -0.39 is 0 Å². The van der Waals surface area contributed by atoms with Crippen molar-refractivity contribution in [2.45, 2.75) is 71.5 Å². The fourth-order valence-corrected chi connectivity index (χ4v) is 2.31. The Bertz CT molecular complexity index is 220. The van der Waals surface area contributed by atoms with Gasteiger partial charge in [0.1, 0.15) is 0 Å². The van der Waals surface area contributed by atoms with Crippen LogP contribution in [0.2, 0.25) is 0 Å². The van der Waals surface area contributed by atoms with Gasteiger partial charge in [-0.05, 0) is 33.1 Å². The second-order valence-corrected chi connectivity index (χ2v) is 5.22. The van der Waals surface area contributed by atoms with Crippen LogP contribution in [0.5, 0.6) is 0 Å². The molecule has 1 aliphatic rings. The van der Waals surface area contributed by atoms with Gasteiger partial charge in [-0.25, -0.2) is 0 Å². The van der Waals surface area contributed by atoms with Gasteiger partial charge in [-0.15, -0.1) is 0 Å². The number of amides is 1. The summed E-state index contributed by atoms with van der Waals surface area (Å²) in [5.41, 5.74) is 0. The van der Waals surface area contributed by atoms with E-state index in [1.54, 1.807) is 0 Å². The Hall–Kier alpha value is -0.570. The Morgan fingerprint density at radius 2 is 1.94 bits per heavy atom. The second kappa shape index (κ2) is 7.70. The molecule has 17 heavy (non-hydrogen) atoms. The van der Waals surface area contributed by atoms with E-state index in [1.165, 1.54) is 12.8 Å². The van der Waals surface area contributed by atoms with E-state index in [1.807, 2.05) is 4.90 Å². The molecule has 0 bridgehead atoms. The van der Waals surface area contributed by atoms with Crippen LogP contribution in [0.25, 0.3) is 0 Å². The van der Waals surface area contributed by atoms with Gasteiger partial charge in [-0.3, -0.25) is 4.79 Å². The topological polar surface area (TPSA) is 29.5 Å². The van der Waals surface area contributed by atoms with Crippen molar-refractivity contribution in [2.24, 2.45) is 0 Å². The van der Waals surface area contributed by atoms with Crippen molar-refractivity contribution in [3.63, 3.8) is 0 Å². The zero-order valence-corrected chi connectivity index (χ0v) is 11.6. The van der Waals surface area contributed by atoms with Crippen LogP contribution < -0.4 is 0 Å². The van der Waals surface area contributed by atoms with Gasteiger partial charge in [0.15, 0.2) is 0 Å². The lowest BCUT2D eigenvalue weighted by Crippen LogP contribution is -2.41. The summed E-state index contributed by atoms with van der Waals surface area (Å²) in [4.78, 5) is 13.9. The molecule has 0 N–H and O–H groups in total. The summed E-state index contributed by atoms with van der Waals surface area (Å²) >= 11 is 0. The first-order valence-corrected chi connectivity index (χ1v) is 7.06. The Morgan fingerprint density at radius 1 is 1.29 bits per heavy atom. The molecular formula is C14H27NO2. The molecule has 1 rings (SSSR count). The summed E-state index contributed by atoms with van der Waals surface area (Å²) < 4.78 is 5.78. The molecule has 1 aliphatic heterocycles. The summed E-state index contributed by atoms with van der Waals surface area (Å²) in [6.45, 7) is 8.06. The van der Waals surface area contributed by atoms with E-state index in [9.17, 15) is 4.79 Å². The highest BCUT2D eigenvalue weighted by atomic mass is 16.5. The fraction of sp³-hybridized carbons (Fsp3) is 0.929. The van der Waals surface area contributed by atoms with Crippen molar-refractivity contribution < 1.29 is 9.53 Å². The van der Waals surface area contributed by atoms with Crippen LogP contribution in [0, 0.1) is 0 Å². The van der Waals surface area contributed by atoms with Gasteiger partial charge in [0.05, 0.1) is 12.2 Å². The molecule has 0 atom stereocenters. The van der Waals surface area contributed by atoms with Crippen LogP contribution in [0.1, 0.15) is 59.3 Å². The molecule has 0 spiro atoms. The van der Waals surface area contributed by atoms with E-state index >= 15 is 0 Å². The van der Waals surface area contributed by atoms with Gasteiger partial charge in [0, 0.05) is 19.5 Å². The van der Waals surface area contributed by atoms with Crippen molar-refractivity contribution in [2.75, 3.05) is 13.1 Å². The number of unbranched alkanes of at least 4 members (excludes halogenated alkanes) is 2. The normalized spacial score (nSPS) is 17.8. The van der Waals surface area contributed by atoms with Gasteiger partial charge in [-0.1, -0.05) is 19.8 Å². The second-order valence-electron chi connectivity index (χ2n) is 5.22. The van der Waals surface area contributed by atoms with Crippen LogP contribution >= 0.6 is 0 Å². The number of rotatable bonds is 6. The van der Waals surface area contributed by atoms with Crippen LogP contribution in [-0.4, -0.2) is 36.1 Å². The SMILES string of the molecule is CCCCCC(=O)N1CCC(OC(C)C)CC1. The van der Waals surface area contributed by atoms with E-state index in [-0.39, 0.29) is 0 Å². The van der Waals surface area contributed by atoms with Gasteiger partial charge < -0.3 is 9.64 Å². The third-order valence-corrected chi connectivity index (χ3v) is 3.25. The van der Waals surface area contributed by atoms with Crippen LogP contribution in [-0.2, 0) is 9.53 Å². The molecular weight excluding hydrogens is 214 g/mol. The molecule has 1 fully saturated rings. The summed E-state index contributed by atoms with van der Waals surface area (Å²) in [6, 6.07) is 0. The van der Waals surface area contributed by atoms with E-state index in [2.05, 4.69) is 20.8 Å². The third-order valence-electron chi connectivity index (χ3n) is 3.25. The van der Waals surface area contributed by atoms with E-state index in [4.69, 9.17) is 4.74 Å². The smallest absolute Gasteiger partial charge is 0.222 e. The van der Waals surface area contributed by atoms with Crippen LogP contribution in [0.15, 0.2) is 0 Å². The number of piperidine rings is 1. The Morgan fingerprint density at radius 3 is 2.47 bits per heavy atom. The molecule has 0 saturated carbocycles. The highest BCUT2D eigenvalue weighted by Gasteiger charge is 2.23. The van der Waals surface area contributed by atoms with Gasteiger partial charge >= 0.3 is 0 Å². The Balaban J connectivity index is 2.19. The lowest BCUT2D eigenvalue weighted by Gasteiger charge is -2.33. The minimum atomic E-state index is 0.298. The molecule has 3 nitrogen and oxygen atoms in total. The summed E-state index contributed by atoms with van der Waals surface area (Å²) in [7, 11) is 0. The Kier molecular flexibility index (Phi) is 6.56. The quantitative estimate of drug-likeness (QED) is 0.669. The van der Waals surface area contributed by atoms with Gasteiger partial charge in [0.25, 0.3) is 0 Å². The number of ether oxygens (including phenoxy) is 1. The largest absolute Gasteiger partial charge is 0.375 e. The number of carbonyl (C=O) groups excluding carboxylic acids is 1. The van der Waals surface area contributed by atoms with Crippen LogP contribution in [0.4, 0.5) is 0 Å². The minimum Gasteiger partial charge on any atom is -0.375 e.